The zero-order valence-corrected chi connectivity index (χ0v) is 20.8. The summed E-state index contributed by atoms with van der Waals surface area (Å²) in [5.74, 6) is 0. The van der Waals surface area contributed by atoms with Crippen molar-refractivity contribution in [3.8, 4) is 11.1 Å². The van der Waals surface area contributed by atoms with E-state index in [4.69, 9.17) is 23.2 Å². The van der Waals surface area contributed by atoms with Crippen molar-refractivity contribution in [2.75, 3.05) is 0 Å². The first-order chi connectivity index (χ1) is 16.3. The molecule has 0 amide bonds. The minimum atomic E-state index is -4.01. The Labute approximate surface area is 206 Å². The van der Waals surface area contributed by atoms with Crippen molar-refractivity contribution in [3.63, 3.8) is 0 Å². The van der Waals surface area contributed by atoms with Crippen molar-refractivity contribution >= 4 is 58.3 Å². The van der Waals surface area contributed by atoms with Crippen molar-refractivity contribution in [3.05, 3.63) is 99.8 Å². The molecule has 0 fully saturated rings. The molecule has 5 rings (SSSR count). The molecule has 9 heteroatoms. The lowest BCUT2D eigenvalue weighted by atomic mass is 10.0. The summed E-state index contributed by atoms with van der Waals surface area (Å²) >= 11 is 12.3. The molecule has 5 aromatic rings. The van der Waals surface area contributed by atoms with Crippen molar-refractivity contribution in [1.82, 2.24) is 19.1 Å². The molecular weight excluding hydrogens is 490 g/mol. The first-order valence-electron chi connectivity index (χ1n) is 10.5. The maximum atomic E-state index is 17.4. The van der Waals surface area contributed by atoms with Gasteiger partial charge in [0, 0.05) is 53.2 Å². The normalized spacial score (nSPS) is 13.2. The highest BCUT2D eigenvalue weighted by Crippen LogP contribution is 2.28. The molecule has 0 saturated carbocycles. The van der Waals surface area contributed by atoms with Gasteiger partial charge in [-0.15, -0.1) is 0 Å². The highest BCUT2D eigenvalue weighted by Gasteiger charge is 2.44. The Balaban J connectivity index is 1.84. The van der Waals surface area contributed by atoms with E-state index >= 15 is 4.11 Å². The monoisotopic (exact) mass is 508 g/mol. The number of aryl methyl sites for hydroxylation is 2. The van der Waals surface area contributed by atoms with E-state index in [-0.39, 0.29) is 5.56 Å². The van der Waals surface area contributed by atoms with E-state index in [2.05, 4.69) is 9.97 Å². The van der Waals surface area contributed by atoms with Gasteiger partial charge in [-0.25, -0.2) is 9.97 Å². The molecule has 3 aromatic heterocycles. The number of halogens is 3. The topological polar surface area (TPSA) is 52.7 Å². The van der Waals surface area contributed by atoms with Crippen LogP contribution in [-0.4, -0.2) is 27.5 Å². The van der Waals surface area contributed by atoms with Crippen LogP contribution in [0.1, 0.15) is 0 Å². The fraction of sp³-hybridized carbons (Fsp3) is 0.0800. The molecule has 2 aromatic carbocycles. The molecule has 0 spiro atoms. The number of pyridine rings is 2. The van der Waals surface area contributed by atoms with Gasteiger partial charge in [-0.3, -0.25) is 13.5 Å². The van der Waals surface area contributed by atoms with E-state index in [0.717, 1.165) is 5.56 Å². The molecule has 3 heterocycles. The number of aromatic nitrogens is 4. The molecule has 0 radical (unpaired) electrons. The second-order valence-corrected chi connectivity index (χ2v) is 12.0. The zero-order valence-electron chi connectivity index (χ0n) is 18.3. The summed E-state index contributed by atoms with van der Waals surface area (Å²) in [5.41, 5.74) is 1.65. The number of benzene rings is 2. The Hall–Kier alpha value is -3.26. The standard InChI is InChI=1S/C25H19Cl2FN4OSi/c1-31-15-29-14-24(31)34(28,19-8-6-17(26)7-9-19)20-11-22-21(16-4-3-5-18(27)10-16)12-23(33)32(2)25(22)30-13-20/h3-15H,1-2H3/t34-/m1/s1. The highest BCUT2D eigenvalue weighted by atomic mass is 35.5. The third-order valence-electron chi connectivity index (χ3n) is 6.02. The van der Waals surface area contributed by atoms with Gasteiger partial charge >= 0.3 is 8.41 Å². The second kappa shape index (κ2) is 8.50. The molecule has 0 aliphatic rings. The van der Waals surface area contributed by atoms with E-state index in [1.165, 1.54) is 16.8 Å². The van der Waals surface area contributed by atoms with Crippen molar-refractivity contribution in [2.45, 2.75) is 0 Å². The first kappa shape index (κ1) is 22.5. The Morgan fingerprint density at radius 3 is 2.35 bits per heavy atom. The third kappa shape index (κ3) is 3.66. The molecule has 1 atom stereocenters. The van der Waals surface area contributed by atoms with Crippen LogP contribution in [0.4, 0.5) is 4.11 Å². The fourth-order valence-corrected chi connectivity index (χ4v) is 7.49. The quantitative estimate of drug-likeness (QED) is 0.275. The maximum Gasteiger partial charge on any atom is 0.358 e. The lowest BCUT2D eigenvalue weighted by Gasteiger charge is -2.24. The van der Waals surface area contributed by atoms with Crippen molar-refractivity contribution < 1.29 is 4.11 Å². The summed E-state index contributed by atoms with van der Waals surface area (Å²) < 4.78 is 20.6. The first-order valence-corrected chi connectivity index (χ1v) is 13.1. The van der Waals surface area contributed by atoms with Crippen LogP contribution < -0.4 is 21.2 Å². The predicted octanol–water partition coefficient (Wildman–Crippen LogP) is 3.58. The van der Waals surface area contributed by atoms with E-state index in [1.54, 1.807) is 73.7 Å². The Kier molecular flexibility index (Phi) is 5.63. The largest absolute Gasteiger partial charge is 0.358 e. The summed E-state index contributed by atoms with van der Waals surface area (Å²) in [4.78, 5) is 21.4. The molecule has 0 unspecified atom stereocenters. The van der Waals surface area contributed by atoms with Crippen LogP contribution in [0, 0.1) is 0 Å². The number of hydrogen-bond donors (Lipinski definition) is 0. The average molecular weight is 509 g/mol. The SMILES string of the molecule is Cn1cncc1[Si@@](F)(c1ccc(Cl)cc1)c1cnc2c(c1)c(-c1cccc(Cl)c1)cc(=O)n2C. The summed E-state index contributed by atoms with van der Waals surface area (Å²) in [6.45, 7) is 0. The smallest absolute Gasteiger partial charge is 0.338 e. The molecular formula is C25H19Cl2FN4OSi. The van der Waals surface area contributed by atoms with Crippen LogP contribution >= 0.6 is 23.2 Å². The average Bonchev–Trinajstić information content (AvgIpc) is 3.27. The predicted molar refractivity (Wildman–Crippen MR) is 138 cm³/mol. The molecule has 0 aliphatic heterocycles. The summed E-state index contributed by atoms with van der Waals surface area (Å²) in [7, 11) is -0.585. The summed E-state index contributed by atoms with van der Waals surface area (Å²) in [5, 5.41) is 3.17. The lowest BCUT2D eigenvalue weighted by molar-refractivity contribution is 0.823. The van der Waals surface area contributed by atoms with Crippen LogP contribution in [0.15, 0.2) is 84.2 Å². The van der Waals surface area contributed by atoms with Crippen LogP contribution in [0.2, 0.25) is 10.0 Å². The van der Waals surface area contributed by atoms with E-state index < -0.39 is 8.41 Å². The van der Waals surface area contributed by atoms with Gasteiger partial charge in [-0.05, 0) is 46.6 Å². The molecule has 0 saturated heterocycles. The van der Waals surface area contributed by atoms with Gasteiger partial charge in [-0.2, -0.15) is 0 Å². The Bertz CT molecular complexity index is 1600. The van der Waals surface area contributed by atoms with Gasteiger partial charge in [0.15, 0.2) is 0 Å². The van der Waals surface area contributed by atoms with Crippen LogP contribution in [0.5, 0.6) is 0 Å². The Morgan fingerprint density at radius 1 is 0.912 bits per heavy atom. The number of fused-ring (bicyclic) bond motifs is 1. The van der Waals surface area contributed by atoms with Gasteiger partial charge in [0.2, 0.25) is 0 Å². The van der Waals surface area contributed by atoms with Gasteiger partial charge in [0.25, 0.3) is 5.56 Å². The van der Waals surface area contributed by atoms with Crippen LogP contribution in [0.25, 0.3) is 22.2 Å². The number of imidazole rings is 1. The fourth-order valence-electron chi connectivity index (χ4n) is 4.24. The summed E-state index contributed by atoms with van der Waals surface area (Å²) in [6.07, 6.45) is 4.67. The van der Waals surface area contributed by atoms with Crippen molar-refractivity contribution in [2.24, 2.45) is 14.1 Å². The maximum absolute atomic E-state index is 17.4. The van der Waals surface area contributed by atoms with E-state index in [9.17, 15) is 4.79 Å². The van der Waals surface area contributed by atoms with Gasteiger partial charge < -0.3 is 4.57 Å². The Morgan fingerprint density at radius 2 is 1.68 bits per heavy atom. The summed E-state index contributed by atoms with van der Waals surface area (Å²) in [6, 6.07) is 17.4. The molecule has 0 aliphatic carbocycles. The van der Waals surface area contributed by atoms with Crippen LogP contribution in [0.3, 0.4) is 0 Å². The second-order valence-electron chi connectivity index (χ2n) is 8.12. The highest BCUT2D eigenvalue weighted by molar-refractivity contribution is 7.06. The molecule has 5 nitrogen and oxygen atoms in total. The van der Waals surface area contributed by atoms with Crippen molar-refractivity contribution in [1.29, 1.82) is 0 Å². The molecule has 34 heavy (non-hydrogen) atoms. The van der Waals surface area contributed by atoms with Gasteiger partial charge in [0.05, 0.1) is 11.6 Å². The van der Waals surface area contributed by atoms with E-state index in [0.29, 0.717) is 42.3 Å². The minimum absolute atomic E-state index is 0.212. The van der Waals surface area contributed by atoms with E-state index in [1.807, 2.05) is 12.1 Å². The minimum Gasteiger partial charge on any atom is -0.338 e. The lowest BCUT2D eigenvalue weighted by Crippen LogP contribution is -2.65. The molecule has 170 valence electrons. The van der Waals surface area contributed by atoms with Gasteiger partial charge in [-0.1, -0.05) is 47.5 Å². The number of hydrogen-bond acceptors (Lipinski definition) is 3. The molecule has 0 bridgehead atoms. The third-order valence-corrected chi connectivity index (χ3v) is 9.89. The van der Waals surface area contributed by atoms with Gasteiger partial charge in [0.1, 0.15) is 5.65 Å². The number of rotatable bonds is 4. The zero-order chi connectivity index (χ0) is 24.0. The van der Waals surface area contributed by atoms with Crippen LogP contribution in [-0.2, 0) is 14.1 Å². The molecule has 0 N–H and O–H groups in total. The number of nitrogens with zero attached hydrogens (tertiary/aromatic N) is 4.